The fourth-order valence-electron chi connectivity index (χ4n) is 1.14. The van der Waals surface area contributed by atoms with Crippen molar-refractivity contribution in [3.05, 3.63) is 22.9 Å². The fraction of sp³-hybridized carbons (Fsp3) is 0.500. The molecule has 0 aromatic carbocycles. The molecule has 1 rings (SSSR count). The Labute approximate surface area is 109 Å². The van der Waals surface area contributed by atoms with Crippen LogP contribution in [0.25, 0.3) is 0 Å². The maximum Gasteiger partial charge on any atom is 0.242 e. The topological polar surface area (TPSA) is 79.3 Å². The van der Waals surface area contributed by atoms with Gasteiger partial charge < -0.3 is 5.11 Å². The van der Waals surface area contributed by atoms with E-state index < -0.39 is 15.6 Å². The molecule has 0 aliphatic carbocycles. The van der Waals surface area contributed by atoms with Crippen molar-refractivity contribution in [2.45, 2.75) is 30.7 Å². The van der Waals surface area contributed by atoms with Gasteiger partial charge in [-0.3, -0.25) is 4.98 Å². The molecule has 1 unspecified atom stereocenters. The molecule has 2 N–H and O–H groups in total. The molecule has 5 nitrogen and oxygen atoms in total. The van der Waals surface area contributed by atoms with Crippen LogP contribution in [-0.4, -0.2) is 30.7 Å². The Kier molecular flexibility index (Phi) is 4.65. The van der Waals surface area contributed by atoms with E-state index in [0.29, 0.717) is 10.9 Å². The number of sulfonamides is 1. The van der Waals surface area contributed by atoms with Gasteiger partial charge in [-0.05, 0) is 35.3 Å². The number of hydrogen-bond acceptors (Lipinski definition) is 4. The SMILES string of the molecule is CCC(C)(CO)NS(=O)(=O)c1cncc(Br)c1. The maximum absolute atomic E-state index is 12.0. The number of aromatic nitrogens is 1. The first kappa shape index (κ1) is 14.6. The molecular formula is C10H15BrN2O3S. The quantitative estimate of drug-likeness (QED) is 0.856. The van der Waals surface area contributed by atoms with Crippen LogP contribution in [0.2, 0.25) is 0 Å². The van der Waals surface area contributed by atoms with Crippen LogP contribution in [0, 0.1) is 0 Å². The summed E-state index contributed by atoms with van der Waals surface area (Å²) in [5.74, 6) is 0. The number of halogens is 1. The van der Waals surface area contributed by atoms with Gasteiger partial charge in [0.25, 0.3) is 0 Å². The highest BCUT2D eigenvalue weighted by atomic mass is 79.9. The third-order valence-electron chi connectivity index (χ3n) is 2.50. The summed E-state index contributed by atoms with van der Waals surface area (Å²) in [5, 5.41) is 9.20. The molecular weight excluding hydrogens is 308 g/mol. The average Bonchev–Trinajstić information content (AvgIpc) is 2.28. The largest absolute Gasteiger partial charge is 0.394 e. The zero-order valence-electron chi connectivity index (χ0n) is 9.64. The van der Waals surface area contributed by atoms with Crippen molar-refractivity contribution in [3.63, 3.8) is 0 Å². The van der Waals surface area contributed by atoms with Gasteiger partial charge in [0.15, 0.2) is 0 Å². The molecule has 1 atom stereocenters. The Morgan fingerprint density at radius 3 is 2.65 bits per heavy atom. The predicted octanol–water partition coefficient (Wildman–Crippen LogP) is 1.28. The molecule has 0 fully saturated rings. The van der Waals surface area contributed by atoms with Crippen molar-refractivity contribution in [1.29, 1.82) is 0 Å². The molecule has 0 amide bonds. The van der Waals surface area contributed by atoms with E-state index in [2.05, 4.69) is 25.6 Å². The molecule has 0 spiro atoms. The predicted molar refractivity (Wildman–Crippen MR) is 68.0 cm³/mol. The van der Waals surface area contributed by atoms with Gasteiger partial charge >= 0.3 is 0 Å². The summed E-state index contributed by atoms with van der Waals surface area (Å²) in [7, 11) is -3.67. The minimum Gasteiger partial charge on any atom is -0.394 e. The fourth-order valence-corrected chi connectivity index (χ4v) is 3.11. The van der Waals surface area contributed by atoms with Gasteiger partial charge in [0.1, 0.15) is 4.90 Å². The van der Waals surface area contributed by atoms with E-state index in [-0.39, 0.29) is 11.5 Å². The van der Waals surface area contributed by atoms with Gasteiger partial charge in [-0.15, -0.1) is 0 Å². The first-order valence-electron chi connectivity index (χ1n) is 5.08. The number of aliphatic hydroxyl groups excluding tert-OH is 1. The molecule has 0 saturated heterocycles. The van der Waals surface area contributed by atoms with E-state index in [1.165, 1.54) is 18.5 Å². The van der Waals surface area contributed by atoms with E-state index in [4.69, 9.17) is 0 Å². The van der Waals surface area contributed by atoms with Crippen LogP contribution in [0.4, 0.5) is 0 Å². The first-order valence-corrected chi connectivity index (χ1v) is 7.36. The van der Waals surface area contributed by atoms with Crippen LogP contribution < -0.4 is 4.72 Å². The van der Waals surface area contributed by atoms with E-state index >= 15 is 0 Å². The second-order valence-electron chi connectivity index (χ2n) is 4.02. The lowest BCUT2D eigenvalue weighted by molar-refractivity contribution is 0.191. The highest BCUT2D eigenvalue weighted by Gasteiger charge is 2.28. The smallest absolute Gasteiger partial charge is 0.242 e. The van der Waals surface area contributed by atoms with E-state index in [1.54, 1.807) is 13.8 Å². The molecule has 17 heavy (non-hydrogen) atoms. The Bertz CT molecular complexity index is 486. The monoisotopic (exact) mass is 322 g/mol. The summed E-state index contributed by atoms with van der Waals surface area (Å²) in [6.07, 6.45) is 3.26. The van der Waals surface area contributed by atoms with E-state index in [0.717, 1.165) is 0 Å². The normalized spacial score (nSPS) is 15.5. The molecule has 0 bridgehead atoms. The van der Waals surface area contributed by atoms with Crippen LogP contribution >= 0.6 is 15.9 Å². The van der Waals surface area contributed by atoms with Crippen LogP contribution in [0.3, 0.4) is 0 Å². The number of nitrogens with zero attached hydrogens (tertiary/aromatic N) is 1. The standard InChI is InChI=1S/C10H15BrN2O3S/c1-3-10(2,7-14)13-17(15,16)9-4-8(11)5-12-6-9/h4-6,13-14H,3,7H2,1-2H3. The molecule has 7 heteroatoms. The van der Waals surface area contributed by atoms with Crippen molar-refractivity contribution in [3.8, 4) is 0 Å². The summed E-state index contributed by atoms with van der Waals surface area (Å²) < 4.78 is 27.1. The van der Waals surface area contributed by atoms with Crippen LogP contribution in [0.1, 0.15) is 20.3 Å². The van der Waals surface area contributed by atoms with E-state index in [1.807, 2.05) is 0 Å². The van der Waals surface area contributed by atoms with Gasteiger partial charge in [-0.2, -0.15) is 0 Å². The Hall–Kier alpha value is -0.500. The molecule has 0 aliphatic rings. The maximum atomic E-state index is 12.0. The van der Waals surface area contributed by atoms with Gasteiger partial charge in [0.05, 0.1) is 12.1 Å². The summed E-state index contributed by atoms with van der Waals surface area (Å²) in [4.78, 5) is 3.87. The van der Waals surface area contributed by atoms with Crippen molar-refractivity contribution in [2.24, 2.45) is 0 Å². The van der Waals surface area contributed by atoms with Gasteiger partial charge in [-0.25, -0.2) is 13.1 Å². The zero-order valence-corrected chi connectivity index (χ0v) is 12.0. The molecule has 1 aromatic rings. The van der Waals surface area contributed by atoms with Crippen molar-refractivity contribution < 1.29 is 13.5 Å². The lowest BCUT2D eigenvalue weighted by Gasteiger charge is -2.26. The number of aliphatic hydroxyl groups is 1. The average molecular weight is 323 g/mol. The molecule has 0 saturated carbocycles. The number of pyridine rings is 1. The molecule has 96 valence electrons. The third kappa shape index (κ3) is 3.74. The molecule has 1 heterocycles. The molecule has 1 aromatic heterocycles. The Morgan fingerprint density at radius 1 is 1.53 bits per heavy atom. The first-order chi connectivity index (χ1) is 7.83. The van der Waals surface area contributed by atoms with Gasteiger partial charge in [0.2, 0.25) is 10.0 Å². The Balaban J connectivity index is 3.05. The van der Waals surface area contributed by atoms with Crippen molar-refractivity contribution >= 4 is 26.0 Å². The molecule has 0 aliphatic heterocycles. The summed E-state index contributed by atoms with van der Waals surface area (Å²) in [6, 6.07) is 1.46. The minimum absolute atomic E-state index is 0.0694. The van der Waals surface area contributed by atoms with Gasteiger partial charge in [0, 0.05) is 16.9 Å². The minimum atomic E-state index is -3.67. The zero-order chi connectivity index (χ0) is 13.1. The lowest BCUT2D eigenvalue weighted by Crippen LogP contribution is -2.48. The second kappa shape index (κ2) is 5.43. The summed E-state index contributed by atoms with van der Waals surface area (Å²) >= 11 is 3.16. The Morgan fingerprint density at radius 2 is 2.18 bits per heavy atom. The van der Waals surface area contributed by atoms with Gasteiger partial charge in [-0.1, -0.05) is 6.92 Å². The van der Waals surface area contributed by atoms with Crippen LogP contribution in [0.15, 0.2) is 27.8 Å². The highest BCUT2D eigenvalue weighted by molar-refractivity contribution is 9.10. The van der Waals surface area contributed by atoms with Crippen molar-refractivity contribution in [1.82, 2.24) is 9.71 Å². The van der Waals surface area contributed by atoms with Crippen LogP contribution in [0.5, 0.6) is 0 Å². The van der Waals surface area contributed by atoms with Crippen LogP contribution in [-0.2, 0) is 10.0 Å². The summed E-state index contributed by atoms with van der Waals surface area (Å²) in [6.45, 7) is 3.19. The number of hydrogen-bond donors (Lipinski definition) is 2. The molecule has 0 radical (unpaired) electrons. The summed E-state index contributed by atoms with van der Waals surface area (Å²) in [5.41, 5.74) is -0.860. The third-order valence-corrected chi connectivity index (χ3v) is 4.54. The number of rotatable bonds is 5. The second-order valence-corrected chi connectivity index (χ2v) is 6.61. The van der Waals surface area contributed by atoms with E-state index in [9.17, 15) is 13.5 Å². The highest BCUT2D eigenvalue weighted by Crippen LogP contribution is 2.17. The number of nitrogens with one attached hydrogen (secondary N) is 1. The van der Waals surface area contributed by atoms with Crippen molar-refractivity contribution in [2.75, 3.05) is 6.61 Å². The lowest BCUT2D eigenvalue weighted by atomic mass is 10.0.